The number of hydrogen-bond acceptors (Lipinski definition) is 6. The van der Waals surface area contributed by atoms with Crippen molar-refractivity contribution in [2.24, 2.45) is 0 Å². The minimum Gasteiger partial charge on any atom is -0.395 e. The van der Waals surface area contributed by atoms with Crippen molar-refractivity contribution in [1.29, 1.82) is 0 Å². The Morgan fingerprint density at radius 1 is 0.812 bits per heavy atom. The van der Waals surface area contributed by atoms with E-state index in [4.69, 9.17) is 0 Å². The zero-order valence-corrected chi connectivity index (χ0v) is 30.8. The lowest BCUT2D eigenvalue weighted by molar-refractivity contribution is -0.692. The van der Waals surface area contributed by atoms with Gasteiger partial charge >= 0.3 is 0 Å². The summed E-state index contributed by atoms with van der Waals surface area (Å²) in [5, 5.41) is 18.6. The van der Waals surface area contributed by atoms with E-state index in [0.29, 0.717) is 13.1 Å². The molecule has 0 aliphatic carbocycles. The smallest absolute Gasteiger partial charge is 0.169 e. The topological polar surface area (TPSA) is 64.8 Å². The van der Waals surface area contributed by atoms with E-state index in [1.807, 2.05) is 33.9 Å². The second-order valence-corrected chi connectivity index (χ2v) is 14.1. The first-order chi connectivity index (χ1) is 23.4. The zero-order valence-electron chi connectivity index (χ0n) is 29.1. The van der Waals surface area contributed by atoms with Gasteiger partial charge in [-0.15, -0.1) is 0 Å². The van der Waals surface area contributed by atoms with Crippen molar-refractivity contribution in [3.05, 3.63) is 119 Å². The maximum absolute atomic E-state index is 9.31. The van der Waals surface area contributed by atoms with Gasteiger partial charge in [-0.25, -0.2) is 9.56 Å². The highest BCUT2D eigenvalue weighted by Gasteiger charge is 2.07. The van der Waals surface area contributed by atoms with Gasteiger partial charge in [-0.1, -0.05) is 70.7 Å². The molecule has 0 bridgehead atoms. The standard InChI is InChI=1S/C40H53N4O2S2/c1-6-35(9-11-37-13-15-39(31-33(37)4)43(7-2)24-27-45)17-20-41-21-29-47-48-30-26-42-22-18-36(19-23-42)10-12-38-14-16-40(32-34(38)5)44(8-3)25-28-46/h6,9-20,22-23,31-32,45-46H,1,7-8,21,24-30H2,2-5H3/q+1/p+1/b11-9+,35-17+,41-20?. The van der Waals surface area contributed by atoms with Crippen molar-refractivity contribution in [2.45, 2.75) is 34.2 Å². The molecule has 0 spiro atoms. The summed E-state index contributed by atoms with van der Waals surface area (Å²) in [4.78, 5) is 7.75. The van der Waals surface area contributed by atoms with Crippen LogP contribution in [0.1, 0.15) is 41.7 Å². The van der Waals surface area contributed by atoms with Crippen LogP contribution in [-0.2, 0) is 6.54 Å². The molecular weight excluding hydrogens is 633 g/mol. The first kappa shape index (κ1) is 38.9. The Morgan fingerprint density at radius 3 is 1.94 bits per heavy atom. The maximum Gasteiger partial charge on any atom is 0.169 e. The number of aryl methyl sites for hydroxylation is 3. The van der Waals surface area contributed by atoms with Crippen LogP contribution in [0.15, 0.2) is 91.3 Å². The Bertz CT molecular complexity index is 1530. The van der Waals surface area contributed by atoms with Gasteiger partial charge in [0.2, 0.25) is 0 Å². The summed E-state index contributed by atoms with van der Waals surface area (Å²) in [6.07, 6.45) is 18.8. The second kappa shape index (κ2) is 22.1. The third-order valence-electron chi connectivity index (χ3n) is 8.04. The van der Waals surface area contributed by atoms with Crippen molar-refractivity contribution >= 4 is 57.4 Å². The molecule has 1 aromatic heterocycles. The SMILES string of the molecule is C=CC(/C=C/c1ccc(N(CC)CCO)cc1C)=C\C=[NH+]CCSSCC[n+]1ccc(/C=C/c2ccc(N(CC)CCO)cc2C)cc1. The zero-order chi connectivity index (χ0) is 34.6. The number of hydrogen-bond donors (Lipinski definition) is 3. The van der Waals surface area contributed by atoms with E-state index in [1.165, 1.54) is 27.8 Å². The fraction of sp³-hybridized carbons (Fsp3) is 0.350. The average Bonchev–Trinajstić information content (AvgIpc) is 3.10. The highest BCUT2D eigenvalue weighted by atomic mass is 33.1. The molecule has 2 aromatic carbocycles. The van der Waals surface area contributed by atoms with Gasteiger partial charge in [0.05, 0.1) is 24.7 Å². The Labute approximate surface area is 296 Å². The molecule has 256 valence electrons. The Hall–Kier alpha value is -3.56. The molecule has 0 amide bonds. The number of aromatic nitrogens is 1. The van der Waals surface area contributed by atoms with Crippen molar-refractivity contribution in [3.8, 4) is 0 Å². The van der Waals surface area contributed by atoms with Crippen LogP contribution < -0.4 is 19.4 Å². The molecule has 48 heavy (non-hydrogen) atoms. The van der Waals surface area contributed by atoms with Crippen LogP contribution in [0.5, 0.6) is 0 Å². The number of allylic oxidation sites excluding steroid dienone is 4. The van der Waals surface area contributed by atoms with Crippen LogP contribution >= 0.6 is 21.6 Å². The summed E-state index contributed by atoms with van der Waals surface area (Å²) in [7, 11) is 3.80. The largest absolute Gasteiger partial charge is 0.395 e. The third kappa shape index (κ3) is 13.2. The van der Waals surface area contributed by atoms with Crippen LogP contribution in [0.3, 0.4) is 0 Å². The lowest BCUT2D eigenvalue weighted by Gasteiger charge is -2.22. The van der Waals surface area contributed by atoms with E-state index < -0.39 is 0 Å². The van der Waals surface area contributed by atoms with Gasteiger partial charge in [-0.3, -0.25) is 0 Å². The summed E-state index contributed by atoms with van der Waals surface area (Å²) in [6, 6.07) is 17.2. The molecule has 0 saturated heterocycles. The Kier molecular flexibility index (Phi) is 17.9. The predicted molar refractivity (Wildman–Crippen MR) is 212 cm³/mol. The normalized spacial score (nSPS) is 12.1. The maximum atomic E-state index is 9.31. The van der Waals surface area contributed by atoms with Gasteiger partial charge < -0.3 is 20.0 Å². The quantitative estimate of drug-likeness (QED) is 0.0436. The first-order valence-electron chi connectivity index (χ1n) is 16.8. The molecule has 1 heterocycles. The Morgan fingerprint density at radius 2 is 1.40 bits per heavy atom. The monoisotopic (exact) mass is 686 g/mol. The van der Waals surface area contributed by atoms with E-state index in [2.05, 4.69) is 145 Å². The summed E-state index contributed by atoms with van der Waals surface area (Å²) < 4.78 is 2.24. The van der Waals surface area contributed by atoms with Crippen molar-refractivity contribution < 1.29 is 19.8 Å². The van der Waals surface area contributed by atoms with E-state index in [-0.39, 0.29) is 13.2 Å². The van der Waals surface area contributed by atoms with Crippen LogP contribution in [0.2, 0.25) is 0 Å². The van der Waals surface area contributed by atoms with Crippen LogP contribution in [0, 0.1) is 13.8 Å². The molecule has 3 N–H and O–H groups in total. The number of pyridine rings is 1. The minimum absolute atomic E-state index is 0.155. The van der Waals surface area contributed by atoms with Crippen LogP contribution in [-0.4, -0.2) is 73.9 Å². The number of nitrogens with zero attached hydrogens (tertiary/aromatic N) is 3. The van der Waals surface area contributed by atoms with E-state index in [9.17, 15) is 10.2 Å². The summed E-state index contributed by atoms with van der Waals surface area (Å²) in [5.41, 5.74) is 9.33. The first-order valence-corrected chi connectivity index (χ1v) is 19.3. The van der Waals surface area contributed by atoms with Gasteiger partial charge in [0.1, 0.15) is 0 Å². The number of aliphatic hydroxyl groups is 2. The highest BCUT2D eigenvalue weighted by molar-refractivity contribution is 8.76. The van der Waals surface area contributed by atoms with Gasteiger partial charge in [-0.05, 0) is 85.4 Å². The van der Waals surface area contributed by atoms with Gasteiger partial charge in [0, 0.05) is 55.8 Å². The van der Waals surface area contributed by atoms with Gasteiger partial charge in [0.15, 0.2) is 31.7 Å². The van der Waals surface area contributed by atoms with Gasteiger partial charge in [0.25, 0.3) is 0 Å². The Balaban J connectivity index is 1.36. The third-order valence-corrected chi connectivity index (χ3v) is 10.4. The van der Waals surface area contributed by atoms with Crippen molar-refractivity contribution in [1.82, 2.24) is 0 Å². The van der Waals surface area contributed by atoms with E-state index >= 15 is 0 Å². The minimum atomic E-state index is 0.155. The lowest BCUT2D eigenvalue weighted by atomic mass is 10.1. The fourth-order valence-corrected chi connectivity index (χ4v) is 7.06. The van der Waals surface area contributed by atoms with Crippen LogP contribution in [0.4, 0.5) is 11.4 Å². The summed E-state index contributed by atoms with van der Waals surface area (Å²) in [6.45, 7) is 17.7. The highest BCUT2D eigenvalue weighted by Crippen LogP contribution is 2.22. The predicted octanol–water partition coefficient (Wildman–Crippen LogP) is 5.76. The molecule has 0 unspecified atom stereocenters. The molecule has 8 heteroatoms. The average molecular weight is 687 g/mol. The summed E-state index contributed by atoms with van der Waals surface area (Å²) in [5.74, 6) is 2.08. The number of anilines is 2. The second-order valence-electron chi connectivity index (χ2n) is 11.4. The van der Waals surface area contributed by atoms with Crippen molar-refractivity contribution in [3.63, 3.8) is 0 Å². The molecular formula is C40H54N4O2S2+2. The number of likely N-dealkylation sites (N-methyl/N-ethyl adjacent to an activating group) is 2. The molecule has 6 nitrogen and oxygen atoms in total. The fourth-order valence-electron chi connectivity index (χ4n) is 5.16. The molecule has 0 atom stereocenters. The molecule has 0 fully saturated rings. The van der Waals surface area contributed by atoms with E-state index in [0.717, 1.165) is 54.6 Å². The van der Waals surface area contributed by atoms with Crippen molar-refractivity contribution in [2.75, 3.05) is 67.2 Å². The molecule has 3 rings (SSSR count). The number of rotatable bonds is 21. The summed E-state index contributed by atoms with van der Waals surface area (Å²) >= 11 is 0. The number of nitrogens with one attached hydrogen (secondary N) is 1. The van der Waals surface area contributed by atoms with Gasteiger partial charge in [-0.2, -0.15) is 0 Å². The number of benzene rings is 2. The lowest BCUT2D eigenvalue weighted by Crippen LogP contribution is -2.69. The number of aliphatic hydroxyl groups excluding tert-OH is 2. The molecule has 0 radical (unpaired) electrons. The molecule has 3 aromatic rings. The molecule has 0 saturated carbocycles. The van der Waals surface area contributed by atoms with E-state index in [1.54, 1.807) is 0 Å². The molecule has 0 aliphatic rings. The van der Waals surface area contributed by atoms with Crippen LogP contribution in [0.25, 0.3) is 18.2 Å². The molecule has 0 aliphatic heterocycles.